The van der Waals surface area contributed by atoms with Crippen LogP contribution in [0, 0.1) is 10.1 Å². The number of hydrogen-bond acceptors (Lipinski definition) is 7. The summed E-state index contributed by atoms with van der Waals surface area (Å²) in [5.41, 5.74) is 0.795. The fourth-order valence-electron chi connectivity index (χ4n) is 2.89. The maximum atomic E-state index is 13.0. The Morgan fingerprint density at radius 3 is 2.88 bits per heavy atom. The molecule has 1 atom stereocenters. The molecule has 9 heteroatoms. The fourth-order valence-corrected chi connectivity index (χ4v) is 3.86. The number of rotatable bonds is 5. The highest BCUT2D eigenvalue weighted by atomic mass is 32.1. The second kappa shape index (κ2) is 6.85. The molecule has 1 saturated heterocycles. The monoisotopic (exact) mass is 373 g/mol. The molecule has 1 aliphatic rings. The Kier molecular flexibility index (Phi) is 4.39. The van der Waals surface area contributed by atoms with E-state index in [1.807, 2.05) is 24.3 Å². The van der Waals surface area contributed by atoms with Crippen molar-refractivity contribution in [3.05, 3.63) is 52.3 Å². The van der Waals surface area contributed by atoms with Crippen LogP contribution in [0.3, 0.4) is 0 Å². The van der Waals surface area contributed by atoms with Crippen molar-refractivity contribution in [1.29, 1.82) is 0 Å². The molecule has 4 rings (SSSR count). The number of thiazole rings is 1. The van der Waals surface area contributed by atoms with Crippen LogP contribution in [-0.4, -0.2) is 35.1 Å². The number of amides is 1. The first kappa shape index (κ1) is 16.7. The highest BCUT2D eigenvalue weighted by Crippen LogP contribution is 2.31. The first-order chi connectivity index (χ1) is 12.6. The van der Waals surface area contributed by atoms with Crippen molar-refractivity contribution >= 4 is 38.5 Å². The fraction of sp³-hybridized carbons (Fsp3) is 0.294. The van der Waals surface area contributed by atoms with Crippen LogP contribution in [0.5, 0.6) is 0 Å². The van der Waals surface area contributed by atoms with Gasteiger partial charge in [-0.25, -0.2) is 4.98 Å². The minimum Gasteiger partial charge on any atom is -0.395 e. The zero-order valence-electron chi connectivity index (χ0n) is 13.7. The second-order valence-corrected chi connectivity index (χ2v) is 6.92. The zero-order chi connectivity index (χ0) is 18.1. The lowest BCUT2D eigenvalue weighted by molar-refractivity contribution is -0.402. The number of aromatic nitrogens is 1. The Balaban J connectivity index is 1.68. The Hall–Kier alpha value is -2.78. The third-order valence-electron chi connectivity index (χ3n) is 4.15. The van der Waals surface area contributed by atoms with E-state index in [4.69, 9.17) is 9.15 Å². The molecule has 0 radical (unpaired) electrons. The van der Waals surface area contributed by atoms with E-state index in [-0.39, 0.29) is 11.9 Å². The minimum absolute atomic E-state index is 0.0871. The number of hydrogen-bond donors (Lipinski definition) is 0. The van der Waals surface area contributed by atoms with Gasteiger partial charge in [-0.05, 0) is 31.0 Å². The van der Waals surface area contributed by atoms with Crippen LogP contribution in [0.1, 0.15) is 23.4 Å². The van der Waals surface area contributed by atoms with E-state index in [0.29, 0.717) is 18.3 Å². The van der Waals surface area contributed by atoms with Crippen LogP contribution in [0.15, 0.2) is 40.8 Å². The third-order valence-corrected chi connectivity index (χ3v) is 5.21. The predicted molar refractivity (Wildman–Crippen MR) is 95.6 cm³/mol. The molecule has 26 heavy (non-hydrogen) atoms. The SMILES string of the molecule is O=C(c1ccc([N+](=O)[O-])o1)N(CC1CCCO1)c1nc2ccccc2s1. The van der Waals surface area contributed by atoms with Crippen molar-refractivity contribution < 1.29 is 18.9 Å². The summed E-state index contributed by atoms with van der Waals surface area (Å²) in [7, 11) is 0. The van der Waals surface area contributed by atoms with E-state index in [2.05, 4.69) is 4.98 Å². The maximum Gasteiger partial charge on any atom is 0.433 e. The Labute approximate surface area is 152 Å². The molecule has 1 fully saturated rings. The first-order valence-electron chi connectivity index (χ1n) is 8.15. The van der Waals surface area contributed by atoms with Gasteiger partial charge in [-0.3, -0.25) is 19.8 Å². The van der Waals surface area contributed by atoms with Crippen LogP contribution in [0.2, 0.25) is 0 Å². The highest BCUT2D eigenvalue weighted by molar-refractivity contribution is 7.22. The smallest absolute Gasteiger partial charge is 0.395 e. The van der Waals surface area contributed by atoms with Gasteiger partial charge < -0.3 is 9.15 Å². The number of anilines is 1. The number of nitro groups is 1. The lowest BCUT2D eigenvalue weighted by Crippen LogP contribution is -2.37. The van der Waals surface area contributed by atoms with E-state index < -0.39 is 16.7 Å². The van der Waals surface area contributed by atoms with Crippen LogP contribution in [0.25, 0.3) is 10.2 Å². The topological polar surface area (TPSA) is 98.7 Å². The Morgan fingerprint density at radius 1 is 1.35 bits per heavy atom. The van der Waals surface area contributed by atoms with E-state index in [9.17, 15) is 14.9 Å². The van der Waals surface area contributed by atoms with Crippen LogP contribution < -0.4 is 4.90 Å². The molecule has 2 aromatic heterocycles. The Bertz CT molecular complexity index is 927. The summed E-state index contributed by atoms with van der Waals surface area (Å²) in [5, 5.41) is 11.3. The number of fused-ring (bicyclic) bond motifs is 1. The molecular weight excluding hydrogens is 358 g/mol. The quantitative estimate of drug-likeness (QED) is 0.500. The second-order valence-electron chi connectivity index (χ2n) is 5.91. The molecule has 1 amide bonds. The molecule has 1 unspecified atom stereocenters. The number of para-hydroxylation sites is 1. The summed E-state index contributed by atoms with van der Waals surface area (Å²) in [6.07, 6.45) is 1.71. The van der Waals surface area contributed by atoms with Crippen molar-refractivity contribution in [2.45, 2.75) is 18.9 Å². The summed E-state index contributed by atoms with van der Waals surface area (Å²) in [5.74, 6) is -1.02. The first-order valence-corrected chi connectivity index (χ1v) is 8.97. The number of ether oxygens (including phenoxy) is 1. The van der Waals surface area contributed by atoms with Gasteiger partial charge >= 0.3 is 5.88 Å². The lowest BCUT2D eigenvalue weighted by Gasteiger charge is -2.21. The summed E-state index contributed by atoms with van der Waals surface area (Å²) >= 11 is 1.39. The van der Waals surface area contributed by atoms with E-state index in [0.717, 1.165) is 23.1 Å². The molecule has 0 saturated carbocycles. The molecule has 3 heterocycles. The van der Waals surface area contributed by atoms with Gasteiger partial charge in [0.05, 0.1) is 28.9 Å². The van der Waals surface area contributed by atoms with Crippen LogP contribution >= 0.6 is 11.3 Å². The van der Waals surface area contributed by atoms with Crippen molar-refractivity contribution in [2.24, 2.45) is 0 Å². The minimum atomic E-state index is -0.668. The van der Waals surface area contributed by atoms with Gasteiger partial charge in [0.25, 0.3) is 5.91 Å². The molecule has 0 spiro atoms. The van der Waals surface area contributed by atoms with E-state index >= 15 is 0 Å². The lowest BCUT2D eigenvalue weighted by atomic mass is 10.2. The molecule has 134 valence electrons. The van der Waals surface area contributed by atoms with Gasteiger partial charge in [0, 0.05) is 6.61 Å². The van der Waals surface area contributed by atoms with Gasteiger partial charge in [-0.2, -0.15) is 0 Å². The number of carbonyl (C=O) groups excluding carboxylic acids is 1. The molecule has 0 N–H and O–H groups in total. The largest absolute Gasteiger partial charge is 0.433 e. The predicted octanol–water partition coefficient (Wildman–Crippen LogP) is 3.62. The summed E-state index contributed by atoms with van der Waals surface area (Å²) in [6, 6.07) is 10.1. The normalized spacial score (nSPS) is 16.8. The molecule has 1 aliphatic heterocycles. The zero-order valence-corrected chi connectivity index (χ0v) is 14.5. The summed E-state index contributed by atoms with van der Waals surface area (Å²) < 4.78 is 11.7. The number of carbonyl (C=O) groups is 1. The van der Waals surface area contributed by atoms with Crippen molar-refractivity contribution in [3.63, 3.8) is 0 Å². The van der Waals surface area contributed by atoms with Crippen molar-refractivity contribution in [1.82, 2.24) is 4.98 Å². The summed E-state index contributed by atoms with van der Waals surface area (Å²) in [6.45, 7) is 0.992. The van der Waals surface area contributed by atoms with Gasteiger partial charge in [0.15, 0.2) is 10.9 Å². The van der Waals surface area contributed by atoms with Crippen molar-refractivity contribution in [2.75, 3.05) is 18.1 Å². The molecule has 3 aromatic rings. The summed E-state index contributed by atoms with van der Waals surface area (Å²) in [4.78, 5) is 29.2. The highest BCUT2D eigenvalue weighted by Gasteiger charge is 2.29. The third kappa shape index (κ3) is 3.18. The van der Waals surface area contributed by atoms with Gasteiger partial charge in [-0.15, -0.1) is 0 Å². The van der Waals surface area contributed by atoms with E-state index in [1.54, 1.807) is 0 Å². The number of nitrogens with zero attached hydrogens (tertiary/aromatic N) is 3. The molecular formula is C17H15N3O5S. The molecule has 0 bridgehead atoms. The van der Waals surface area contributed by atoms with Gasteiger partial charge in [0.2, 0.25) is 0 Å². The van der Waals surface area contributed by atoms with Crippen LogP contribution in [0.4, 0.5) is 11.0 Å². The molecule has 0 aliphatic carbocycles. The number of benzene rings is 1. The standard InChI is InChI=1S/C17H15N3O5S/c21-16(13-7-8-15(25-13)20(22)23)19(10-11-4-3-9-24-11)17-18-12-5-1-2-6-14(12)26-17/h1-2,5-8,11H,3-4,9-10H2. The van der Waals surface area contributed by atoms with Crippen molar-refractivity contribution in [3.8, 4) is 0 Å². The molecule has 1 aromatic carbocycles. The van der Waals surface area contributed by atoms with Gasteiger partial charge in [0.1, 0.15) is 4.92 Å². The average Bonchev–Trinajstić information content (AvgIpc) is 3.38. The maximum absolute atomic E-state index is 13.0. The Morgan fingerprint density at radius 2 is 2.19 bits per heavy atom. The molecule has 8 nitrogen and oxygen atoms in total. The van der Waals surface area contributed by atoms with E-state index in [1.165, 1.54) is 28.4 Å². The number of furan rings is 1. The van der Waals surface area contributed by atoms with Crippen LogP contribution in [-0.2, 0) is 4.74 Å². The van der Waals surface area contributed by atoms with Gasteiger partial charge in [-0.1, -0.05) is 23.5 Å². The average molecular weight is 373 g/mol.